The minimum absolute atomic E-state index is 0.0894. The van der Waals surface area contributed by atoms with Gasteiger partial charge in [0, 0.05) is 11.4 Å². The standard InChI is InChI=1S/C19H19NOS/c21-19(14-22-13-15-6-2-1-3-7-15)20-18-11-10-16-8-4-5-9-17(16)12-18/h1-9,12H,10-11,13-14H2,(H,20,21). The van der Waals surface area contributed by atoms with Crippen LogP contribution in [0.15, 0.2) is 60.3 Å². The van der Waals surface area contributed by atoms with Crippen molar-refractivity contribution in [1.29, 1.82) is 0 Å². The zero-order chi connectivity index (χ0) is 15.2. The summed E-state index contributed by atoms with van der Waals surface area (Å²) in [7, 11) is 0. The van der Waals surface area contributed by atoms with Crippen LogP contribution < -0.4 is 5.32 Å². The van der Waals surface area contributed by atoms with Gasteiger partial charge in [-0.3, -0.25) is 4.79 Å². The Morgan fingerprint density at radius 1 is 1.00 bits per heavy atom. The number of amides is 1. The minimum Gasteiger partial charge on any atom is -0.329 e. The first-order valence-electron chi connectivity index (χ1n) is 7.51. The maximum absolute atomic E-state index is 12.0. The number of hydrogen-bond donors (Lipinski definition) is 1. The first-order valence-corrected chi connectivity index (χ1v) is 8.67. The van der Waals surface area contributed by atoms with E-state index < -0.39 is 0 Å². The Balaban J connectivity index is 1.49. The second-order valence-electron chi connectivity index (χ2n) is 5.39. The Bertz CT molecular complexity index is 679. The lowest BCUT2D eigenvalue weighted by atomic mass is 9.95. The number of carbonyl (C=O) groups is 1. The molecule has 0 saturated carbocycles. The Labute approximate surface area is 135 Å². The Morgan fingerprint density at radius 3 is 2.64 bits per heavy atom. The third kappa shape index (κ3) is 4.01. The molecule has 112 valence electrons. The number of rotatable bonds is 5. The average molecular weight is 309 g/mol. The lowest BCUT2D eigenvalue weighted by Crippen LogP contribution is -2.26. The van der Waals surface area contributed by atoms with Gasteiger partial charge in [0.05, 0.1) is 5.75 Å². The van der Waals surface area contributed by atoms with E-state index in [1.165, 1.54) is 16.7 Å². The van der Waals surface area contributed by atoms with Gasteiger partial charge in [0.2, 0.25) is 5.91 Å². The second kappa shape index (κ2) is 7.32. The van der Waals surface area contributed by atoms with E-state index in [4.69, 9.17) is 0 Å². The van der Waals surface area contributed by atoms with Crippen LogP contribution in [-0.4, -0.2) is 11.7 Å². The highest BCUT2D eigenvalue weighted by Crippen LogP contribution is 2.22. The van der Waals surface area contributed by atoms with Crippen LogP contribution in [0.5, 0.6) is 0 Å². The van der Waals surface area contributed by atoms with Crippen LogP contribution in [0.25, 0.3) is 6.08 Å². The second-order valence-corrected chi connectivity index (χ2v) is 6.38. The molecule has 3 rings (SSSR count). The van der Waals surface area contributed by atoms with Gasteiger partial charge in [-0.25, -0.2) is 0 Å². The van der Waals surface area contributed by atoms with Gasteiger partial charge in [-0.1, -0.05) is 54.6 Å². The number of nitrogens with one attached hydrogen (secondary N) is 1. The normalized spacial score (nSPS) is 13.2. The number of allylic oxidation sites excluding steroid dienone is 1. The topological polar surface area (TPSA) is 29.1 Å². The van der Waals surface area contributed by atoms with E-state index in [2.05, 4.69) is 41.7 Å². The van der Waals surface area contributed by atoms with Crippen molar-refractivity contribution in [3.63, 3.8) is 0 Å². The largest absolute Gasteiger partial charge is 0.329 e. The molecule has 2 aromatic rings. The van der Waals surface area contributed by atoms with Gasteiger partial charge in [0.15, 0.2) is 0 Å². The number of carbonyl (C=O) groups excluding carboxylic acids is 1. The fourth-order valence-electron chi connectivity index (χ4n) is 2.58. The van der Waals surface area contributed by atoms with Crippen molar-refractivity contribution in [2.24, 2.45) is 0 Å². The van der Waals surface area contributed by atoms with Gasteiger partial charge in [0.25, 0.3) is 0 Å². The predicted octanol–water partition coefficient (Wildman–Crippen LogP) is 4.02. The fourth-order valence-corrected chi connectivity index (χ4v) is 3.37. The maximum Gasteiger partial charge on any atom is 0.234 e. The lowest BCUT2D eigenvalue weighted by Gasteiger charge is -2.17. The third-order valence-electron chi connectivity index (χ3n) is 3.69. The first-order chi connectivity index (χ1) is 10.8. The molecule has 1 amide bonds. The van der Waals surface area contributed by atoms with E-state index in [0.717, 1.165) is 24.3 Å². The van der Waals surface area contributed by atoms with E-state index >= 15 is 0 Å². The van der Waals surface area contributed by atoms with Crippen molar-refractivity contribution >= 4 is 23.7 Å². The lowest BCUT2D eigenvalue weighted by molar-refractivity contribution is -0.117. The molecular weight excluding hydrogens is 290 g/mol. The van der Waals surface area contributed by atoms with Crippen LogP contribution in [0.4, 0.5) is 0 Å². The van der Waals surface area contributed by atoms with E-state index in [-0.39, 0.29) is 5.91 Å². The van der Waals surface area contributed by atoms with Crippen molar-refractivity contribution in [1.82, 2.24) is 5.32 Å². The average Bonchev–Trinajstić information content (AvgIpc) is 2.56. The van der Waals surface area contributed by atoms with Crippen LogP contribution in [0.1, 0.15) is 23.1 Å². The van der Waals surface area contributed by atoms with Gasteiger partial charge in [-0.05, 0) is 35.6 Å². The number of aryl methyl sites for hydroxylation is 1. The summed E-state index contributed by atoms with van der Waals surface area (Å²) >= 11 is 1.65. The molecule has 2 aromatic carbocycles. The summed E-state index contributed by atoms with van der Waals surface area (Å²) in [6.45, 7) is 0. The molecule has 0 atom stereocenters. The molecule has 0 bridgehead atoms. The highest BCUT2D eigenvalue weighted by molar-refractivity contribution is 7.99. The smallest absolute Gasteiger partial charge is 0.234 e. The highest BCUT2D eigenvalue weighted by atomic mass is 32.2. The summed E-state index contributed by atoms with van der Waals surface area (Å²) in [5, 5.41) is 3.05. The Kier molecular flexibility index (Phi) is 4.96. The Hall–Kier alpha value is -2.00. The molecule has 0 heterocycles. The summed E-state index contributed by atoms with van der Waals surface area (Å²) in [5.74, 6) is 1.45. The molecule has 1 aliphatic rings. The molecule has 0 unspecified atom stereocenters. The number of hydrogen-bond acceptors (Lipinski definition) is 2. The van der Waals surface area contributed by atoms with Gasteiger partial charge < -0.3 is 5.32 Å². The van der Waals surface area contributed by atoms with Crippen LogP contribution in [-0.2, 0) is 17.0 Å². The van der Waals surface area contributed by atoms with Gasteiger partial charge >= 0.3 is 0 Å². The molecule has 0 saturated heterocycles. The summed E-state index contributed by atoms with van der Waals surface area (Å²) < 4.78 is 0. The fraction of sp³-hybridized carbons (Fsp3) is 0.211. The zero-order valence-corrected chi connectivity index (χ0v) is 13.2. The van der Waals surface area contributed by atoms with Crippen molar-refractivity contribution in [3.8, 4) is 0 Å². The molecule has 1 aliphatic carbocycles. The number of thioether (sulfide) groups is 1. The molecule has 0 aromatic heterocycles. The predicted molar refractivity (Wildman–Crippen MR) is 93.5 cm³/mol. The summed E-state index contributed by atoms with van der Waals surface area (Å²) in [6.07, 6.45) is 4.00. The third-order valence-corrected chi connectivity index (χ3v) is 4.70. The van der Waals surface area contributed by atoms with Crippen molar-refractivity contribution < 1.29 is 4.79 Å². The zero-order valence-electron chi connectivity index (χ0n) is 12.4. The van der Waals surface area contributed by atoms with Crippen molar-refractivity contribution in [3.05, 3.63) is 77.0 Å². The molecular formula is C19H19NOS. The van der Waals surface area contributed by atoms with Gasteiger partial charge in [-0.2, -0.15) is 0 Å². The van der Waals surface area contributed by atoms with Gasteiger partial charge in [0.1, 0.15) is 0 Å². The van der Waals surface area contributed by atoms with E-state index in [9.17, 15) is 4.79 Å². The van der Waals surface area contributed by atoms with Gasteiger partial charge in [-0.15, -0.1) is 11.8 Å². The number of benzene rings is 2. The molecule has 22 heavy (non-hydrogen) atoms. The van der Waals surface area contributed by atoms with Crippen LogP contribution >= 0.6 is 11.8 Å². The molecule has 0 aliphatic heterocycles. The number of fused-ring (bicyclic) bond motifs is 1. The quantitative estimate of drug-likeness (QED) is 0.903. The monoisotopic (exact) mass is 309 g/mol. The molecule has 0 fully saturated rings. The van der Waals surface area contributed by atoms with Crippen LogP contribution in [0.3, 0.4) is 0 Å². The van der Waals surface area contributed by atoms with Crippen LogP contribution in [0.2, 0.25) is 0 Å². The molecule has 0 spiro atoms. The summed E-state index contributed by atoms with van der Waals surface area (Å²) in [4.78, 5) is 12.0. The molecule has 0 radical (unpaired) electrons. The van der Waals surface area contributed by atoms with E-state index in [1.54, 1.807) is 11.8 Å². The SMILES string of the molecule is O=C(CSCc1ccccc1)NC1=Cc2ccccc2CC1. The van der Waals surface area contributed by atoms with Crippen molar-refractivity contribution in [2.45, 2.75) is 18.6 Å². The van der Waals surface area contributed by atoms with E-state index in [1.807, 2.05) is 24.3 Å². The highest BCUT2D eigenvalue weighted by Gasteiger charge is 2.11. The van der Waals surface area contributed by atoms with Crippen LogP contribution in [0, 0.1) is 0 Å². The van der Waals surface area contributed by atoms with Crippen molar-refractivity contribution in [2.75, 3.05) is 5.75 Å². The summed E-state index contributed by atoms with van der Waals surface area (Å²) in [5.41, 5.74) is 4.87. The Morgan fingerprint density at radius 2 is 1.77 bits per heavy atom. The molecule has 3 heteroatoms. The maximum atomic E-state index is 12.0. The summed E-state index contributed by atoms with van der Waals surface area (Å²) in [6, 6.07) is 18.6. The molecule has 2 nitrogen and oxygen atoms in total. The molecule has 1 N–H and O–H groups in total. The minimum atomic E-state index is 0.0894. The van der Waals surface area contributed by atoms with E-state index in [0.29, 0.717) is 5.75 Å². The first kappa shape index (κ1) is 14.9.